The van der Waals surface area contributed by atoms with Crippen molar-refractivity contribution in [3.8, 4) is 11.8 Å². The Hall–Kier alpha value is -3.33. The topological polar surface area (TPSA) is 91.2 Å². The van der Waals surface area contributed by atoms with E-state index >= 15 is 0 Å². The van der Waals surface area contributed by atoms with Gasteiger partial charge in [-0.05, 0) is 30.3 Å². The summed E-state index contributed by atoms with van der Waals surface area (Å²) in [6.45, 7) is 0.285. The van der Waals surface area contributed by atoms with Crippen molar-refractivity contribution >= 4 is 17.5 Å². The van der Waals surface area contributed by atoms with Crippen LogP contribution in [0.5, 0.6) is 5.75 Å². The fourth-order valence-corrected chi connectivity index (χ4v) is 2.08. The van der Waals surface area contributed by atoms with Gasteiger partial charge in [-0.25, -0.2) is 0 Å². The second-order valence-electron chi connectivity index (χ2n) is 5.00. The van der Waals surface area contributed by atoms with Crippen molar-refractivity contribution in [3.05, 3.63) is 59.7 Å². The lowest BCUT2D eigenvalue weighted by Gasteiger charge is -2.09. The molecule has 0 spiro atoms. The van der Waals surface area contributed by atoms with Crippen LogP contribution < -0.4 is 15.4 Å². The number of nitriles is 1. The highest BCUT2D eigenvalue weighted by atomic mass is 16.5. The number of ether oxygens (including phenoxy) is 1. The first-order valence-electron chi connectivity index (χ1n) is 7.31. The summed E-state index contributed by atoms with van der Waals surface area (Å²) in [7, 11) is 1.56. The molecule has 2 aromatic rings. The molecular weight excluding hydrogens is 306 g/mol. The number of anilines is 1. The zero-order chi connectivity index (χ0) is 17.4. The van der Waals surface area contributed by atoms with Gasteiger partial charge < -0.3 is 15.4 Å². The van der Waals surface area contributed by atoms with E-state index in [1.807, 2.05) is 24.3 Å². The van der Waals surface area contributed by atoms with Gasteiger partial charge in [-0.3, -0.25) is 9.59 Å². The molecule has 24 heavy (non-hydrogen) atoms. The van der Waals surface area contributed by atoms with Crippen LogP contribution in [-0.2, 0) is 16.1 Å². The van der Waals surface area contributed by atoms with Crippen molar-refractivity contribution < 1.29 is 14.3 Å². The van der Waals surface area contributed by atoms with Gasteiger partial charge in [-0.2, -0.15) is 5.26 Å². The summed E-state index contributed by atoms with van der Waals surface area (Å²) >= 11 is 0. The maximum atomic E-state index is 11.9. The van der Waals surface area contributed by atoms with Crippen LogP contribution in [0, 0.1) is 11.3 Å². The second-order valence-corrected chi connectivity index (χ2v) is 5.00. The van der Waals surface area contributed by atoms with Crippen LogP contribution >= 0.6 is 0 Å². The molecule has 0 aliphatic carbocycles. The molecule has 0 atom stereocenters. The molecule has 6 nitrogen and oxygen atoms in total. The number of hydrogen-bond donors (Lipinski definition) is 2. The molecule has 0 bridgehead atoms. The molecule has 0 saturated carbocycles. The van der Waals surface area contributed by atoms with Gasteiger partial charge in [0.05, 0.1) is 18.7 Å². The highest BCUT2D eigenvalue weighted by Crippen LogP contribution is 2.16. The van der Waals surface area contributed by atoms with E-state index in [2.05, 4.69) is 10.6 Å². The normalized spacial score (nSPS) is 9.67. The molecule has 0 radical (unpaired) electrons. The highest BCUT2D eigenvalue weighted by Gasteiger charge is 2.10. The summed E-state index contributed by atoms with van der Waals surface area (Å²) in [6.07, 6.45) is -0.283. The third-order valence-corrected chi connectivity index (χ3v) is 3.29. The fraction of sp³-hybridized carbons (Fsp3) is 0.167. The largest absolute Gasteiger partial charge is 0.496 e. The van der Waals surface area contributed by atoms with Crippen LogP contribution in [-0.4, -0.2) is 18.9 Å². The number of nitrogens with zero attached hydrogens (tertiary/aromatic N) is 1. The Bertz CT molecular complexity index is 764. The van der Waals surface area contributed by atoms with E-state index in [-0.39, 0.29) is 18.9 Å². The fourth-order valence-electron chi connectivity index (χ4n) is 2.08. The van der Waals surface area contributed by atoms with Gasteiger partial charge in [-0.1, -0.05) is 18.2 Å². The summed E-state index contributed by atoms with van der Waals surface area (Å²) in [5, 5.41) is 14.0. The van der Waals surface area contributed by atoms with Crippen molar-refractivity contribution in [1.29, 1.82) is 5.26 Å². The summed E-state index contributed by atoms with van der Waals surface area (Å²) < 4.78 is 5.20. The van der Waals surface area contributed by atoms with Crippen molar-refractivity contribution in [1.82, 2.24) is 5.32 Å². The minimum absolute atomic E-state index is 0.283. The standard InChI is InChI=1S/C18H17N3O3/c1-24-16-5-3-2-4-14(16)12-20-17(22)10-18(23)21-15-8-6-13(11-19)7-9-15/h2-9H,10,12H2,1H3,(H,20,22)(H,21,23). The lowest BCUT2D eigenvalue weighted by molar-refractivity contribution is -0.126. The summed E-state index contributed by atoms with van der Waals surface area (Å²) in [6, 6.07) is 15.8. The molecule has 0 aliphatic heterocycles. The number of carbonyl (C=O) groups is 2. The average Bonchev–Trinajstić information content (AvgIpc) is 2.60. The average molecular weight is 323 g/mol. The van der Waals surface area contributed by atoms with E-state index in [0.29, 0.717) is 17.0 Å². The third kappa shape index (κ3) is 4.85. The highest BCUT2D eigenvalue weighted by molar-refractivity contribution is 6.03. The van der Waals surface area contributed by atoms with Gasteiger partial charge in [0, 0.05) is 17.8 Å². The molecule has 0 aliphatic rings. The van der Waals surface area contributed by atoms with Gasteiger partial charge >= 0.3 is 0 Å². The molecule has 122 valence electrons. The van der Waals surface area contributed by atoms with Crippen LogP contribution in [0.1, 0.15) is 17.5 Å². The predicted octanol–water partition coefficient (Wildman–Crippen LogP) is 2.21. The van der Waals surface area contributed by atoms with Gasteiger partial charge in [-0.15, -0.1) is 0 Å². The van der Waals surface area contributed by atoms with Crippen molar-refractivity contribution in [2.24, 2.45) is 0 Å². The van der Waals surface area contributed by atoms with E-state index in [4.69, 9.17) is 10.00 Å². The van der Waals surface area contributed by atoms with Crippen LogP contribution in [0.4, 0.5) is 5.69 Å². The number of carbonyl (C=O) groups excluding carboxylic acids is 2. The third-order valence-electron chi connectivity index (χ3n) is 3.29. The Morgan fingerprint density at radius 1 is 1.08 bits per heavy atom. The molecule has 0 unspecified atom stereocenters. The van der Waals surface area contributed by atoms with Gasteiger partial charge in [0.2, 0.25) is 11.8 Å². The summed E-state index contributed by atoms with van der Waals surface area (Å²) in [4.78, 5) is 23.7. The smallest absolute Gasteiger partial charge is 0.233 e. The van der Waals surface area contributed by atoms with Crippen LogP contribution in [0.15, 0.2) is 48.5 Å². The molecular formula is C18H17N3O3. The zero-order valence-electron chi connectivity index (χ0n) is 13.2. The first kappa shape index (κ1) is 17.0. The Morgan fingerprint density at radius 3 is 2.46 bits per heavy atom. The van der Waals surface area contributed by atoms with E-state index in [1.165, 1.54) is 0 Å². The maximum absolute atomic E-state index is 11.9. The predicted molar refractivity (Wildman–Crippen MR) is 89.2 cm³/mol. The summed E-state index contributed by atoms with van der Waals surface area (Å²) in [5.41, 5.74) is 1.87. The molecule has 6 heteroatoms. The minimum atomic E-state index is -0.419. The van der Waals surface area contributed by atoms with Gasteiger partial charge in [0.15, 0.2) is 0 Å². The van der Waals surface area contributed by atoms with E-state index in [1.54, 1.807) is 37.4 Å². The lowest BCUT2D eigenvalue weighted by Crippen LogP contribution is -2.27. The lowest BCUT2D eigenvalue weighted by atomic mass is 10.2. The van der Waals surface area contributed by atoms with Gasteiger partial charge in [0.25, 0.3) is 0 Å². The SMILES string of the molecule is COc1ccccc1CNC(=O)CC(=O)Nc1ccc(C#N)cc1. The number of para-hydroxylation sites is 1. The molecule has 2 aromatic carbocycles. The minimum Gasteiger partial charge on any atom is -0.496 e. The van der Waals surface area contributed by atoms with Crippen molar-refractivity contribution in [2.75, 3.05) is 12.4 Å². The molecule has 0 fully saturated rings. The summed E-state index contributed by atoms with van der Waals surface area (Å²) in [5.74, 6) is -0.121. The molecule has 2 amide bonds. The molecule has 0 heterocycles. The first-order valence-corrected chi connectivity index (χ1v) is 7.31. The zero-order valence-corrected chi connectivity index (χ0v) is 13.2. The van der Waals surface area contributed by atoms with E-state index < -0.39 is 5.91 Å². The Morgan fingerprint density at radius 2 is 1.79 bits per heavy atom. The number of hydrogen-bond acceptors (Lipinski definition) is 4. The molecule has 0 saturated heterocycles. The molecule has 0 aromatic heterocycles. The Kier molecular flexibility index (Phi) is 5.92. The number of rotatable bonds is 6. The van der Waals surface area contributed by atoms with E-state index in [0.717, 1.165) is 5.56 Å². The van der Waals surface area contributed by atoms with Crippen molar-refractivity contribution in [2.45, 2.75) is 13.0 Å². The Labute approximate surface area is 140 Å². The Balaban J connectivity index is 1.83. The monoisotopic (exact) mass is 323 g/mol. The molecule has 2 N–H and O–H groups in total. The quantitative estimate of drug-likeness (QED) is 0.797. The number of methoxy groups -OCH3 is 1. The van der Waals surface area contributed by atoms with E-state index in [9.17, 15) is 9.59 Å². The number of amides is 2. The first-order chi connectivity index (χ1) is 11.6. The molecule has 2 rings (SSSR count). The van der Waals surface area contributed by atoms with Crippen LogP contribution in [0.2, 0.25) is 0 Å². The second kappa shape index (κ2) is 8.34. The van der Waals surface area contributed by atoms with Gasteiger partial charge in [0.1, 0.15) is 12.2 Å². The van der Waals surface area contributed by atoms with Crippen LogP contribution in [0.3, 0.4) is 0 Å². The number of nitrogens with one attached hydrogen (secondary N) is 2. The number of benzene rings is 2. The maximum Gasteiger partial charge on any atom is 0.233 e. The van der Waals surface area contributed by atoms with Crippen molar-refractivity contribution in [3.63, 3.8) is 0 Å². The van der Waals surface area contributed by atoms with Crippen LogP contribution in [0.25, 0.3) is 0 Å².